The molecule has 0 atom stereocenters. The first-order chi connectivity index (χ1) is 8.11. The Bertz CT molecular complexity index is 566. The predicted molar refractivity (Wildman–Crippen MR) is 66.4 cm³/mol. The number of halogens is 1. The van der Waals surface area contributed by atoms with Gasteiger partial charge in [0.05, 0.1) is 15.9 Å². The van der Waals surface area contributed by atoms with Crippen molar-refractivity contribution in [1.82, 2.24) is 0 Å². The van der Waals surface area contributed by atoms with Crippen LogP contribution in [0.1, 0.15) is 5.76 Å². The molecule has 17 heavy (non-hydrogen) atoms. The van der Waals surface area contributed by atoms with Gasteiger partial charge < -0.3 is 10.2 Å². The maximum atomic E-state index is 10.7. The van der Waals surface area contributed by atoms with Crippen molar-refractivity contribution in [3.63, 3.8) is 0 Å². The molecule has 0 amide bonds. The quantitative estimate of drug-likeness (QED) is 0.697. The zero-order chi connectivity index (χ0) is 12.4. The van der Waals surface area contributed by atoms with E-state index in [-0.39, 0.29) is 5.69 Å². The number of rotatable bonds is 3. The summed E-state index contributed by atoms with van der Waals surface area (Å²) >= 11 is 3.16. The van der Waals surface area contributed by atoms with Gasteiger partial charge in [-0.1, -0.05) is 0 Å². The number of nitrogens with two attached hydrogens (primary N) is 1. The molecule has 2 aromatic rings. The summed E-state index contributed by atoms with van der Waals surface area (Å²) in [6.07, 6.45) is 0. The molecule has 0 unspecified atom stereocenters. The highest BCUT2D eigenvalue weighted by molar-refractivity contribution is 9.10. The van der Waals surface area contributed by atoms with Gasteiger partial charge in [-0.3, -0.25) is 10.1 Å². The minimum Gasteiger partial charge on any atom is -0.460 e. The first-order valence-electron chi connectivity index (χ1n) is 4.85. The van der Waals surface area contributed by atoms with Crippen LogP contribution in [0, 0.1) is 10.1 Å². The maximum Gasteiger partial charge on any atom is 0.283 e. The Morgan fingerprint density at radius 3 is 2.65 bits per heavy atom. The lowest BCUT2D eigenvalue weighted by atomic mass is 10.1. The molecule has 5 nitrogen and oxygen atoms in total. The van der Waals surface area contributed by atoms with E-state index in [1.165, 1.54) is 6.07 Å². The number of nitro benzene ring substituents is 1. The van der Waals surface area contributed by atoms with Gasteiger partial charge in [0, 0.05) is 11.6 Å². The first kappa shape index (κ1) is 11.8. The Kier molecular flexibility index (Phi) is 3.26. The van der Waals surface area contributed by atoms with Crippen molar-refractivity contribution in [1.29, 1.82) is 0 Å². The molecular weight excluding hydrogens is 288 g/mol. The van der Waals surface area contributed by atoms with E-state index < -0.39 is 4.92 Å². The molecule has 0 fully saturated rings. The normalized spacial score (nSPS) is 10.5. The topological polar surface area (TPSA) is 82.3 Å². The minimum atomic E-state index is -0.443. The average Bonchev–Trinajstić information content (AvgIpc) is 2.76. The fourth-order valence-corrected chi connectivity index (χ4v) is 1.97. The number of nitro groups is 1. The van der Waals surface area contributed by atoms with Crippen molar-refractivity contribution in [2.75, 3.05) is 0 Å². The summed E-state index contributed by atoms with van der Waals surface area (Å²) in [6, 6.07) is 8.30. The molecule has 0 aliphatic rings. The van der Waals surface area contributed by atoms with Crippen molar-refractivity contribution in [3.05, 3.63) is 50.7 Å². The largest absolute Gasteiger partial charge is 0.460 e. The van der Waals surface area contributed by atoms with Crippen LogP contribution < -0.4 is 5.73 Å². The molecule has 0 saturated carbocycles. The van der Waals surface area contributed by atoms with Crippen LogP contribution in [0.15, 0.2) is 39.2 Å². The number of hydrogen-bond donors (Lipinski definition) is 1. The van der Waals surface area contributed by atoms with E-state index in [2.05, 4.69) is 15.9 Å². The smallest absolute Gasteiger partial charge is 0.283 e. The number of benzene rings is 1. The Balaban J connectivity index is 2.40. The van der Waals surface area contributed by atoms with E-state index in [1.807, 2.05) is 0 Å². The monoisotopic (exact) mass is 296 g/mol. The molecule has 6 heteroatoms. The first-order valence-corrected chi connectivity index (χ1v) is 5.64. The van der Waals surface area contributed by atoms with Crippen molar-refractivity contribution in [3.8, 4) is 11.3 Å². The molecule has 0 aliphatic carbocycles. The second-order valence-electron chi connectivity index (χ2n) is 3.39. The van der Waals surface area contributed by atoms with Gasteiger partial charge in [0.25, 0.3) is 5.69 Å². The molecular formula is C11H9BrN2O3. The van der Waals surface area contributed by atoms with Gasteiger partial charge in [0.15, 0.2) is 0 Å². The summed E-state index contributed by atoms with van der Waals surface area (Å²) < 4.78 is 5.88. The van der Waals surface area contributed by atoms with Gasteiger partial charge in [-0.15, -0.1) is 0 Å². The fraction of sp³-hybridized carbons (Fsp3) is 0.0909. The van der Waals surface area contributed by atoms with Crippen LogP contribution in [0.3, 0.4) is 0 Å². The lowest BCUT2D eigenvalue weighted by molar-refractivity contribution is -0.385. The van der Waals surface area contributed by atoms with Crippen LogP contribution in [0.4, 0.5) is 5.69 Å². The third kappa shape index (κ3) is 2.37. The third-order valence-corrected chi connectivity index (χ3v) is 2.93. The molecule has 88 valence electrons. The molecule has 0 saturated heterocycles. The molecule has 2 N–H and O–H groups in total. The molecule has 0 aliphatic heterocycles. The molecule has 1 aromatic heterocycles. The number of nitrogens with zero attached hydrogens (tertiary/aromatic N) is 1. The SMILES string of the molecule is NCc1ccc(-c2ccc([N+](=O)[O-])c(Br)c2)o1. The second-order valence-corrected chi connectivity index (χ2v) is 4.25. The van der Waals surface area contributed by atoms with Crippen molar-refractivity contribution < 1.29 is 9.34 Å². The van der Waals surface area contributed by atoms with Gasteiger partial charge >= 0.3 is 0 Å². The van der Waals surface area contributed by atoms with E-state index >= 15 is 0 Å². The van der Waals surface area contributed by atoms with Crippen molar-refractivity contribution >= 4 is 21.6 Å². The van der Waals surface area contributed by atoms with Crippen LogP contribution in [0.25, 0.3) is 11.3 Å². The zero-order valence-electron chi connectivity index (χ0n) is 8.72. The lowest BCUT2D eigenvalue weighted by Gasteiger charge is -1.99. The highest BCUT2D eigenvalue weighted by Gasteiger charge is 2.13. The summed E-state index contributed by atoms with van der Waals surface area (Å²) in [6.45, 7) is 0.328. The highest BCUT2D eigenvalue weighted by Crippen LogP contribution is 2.31. The van der Waals surface area contributed by atoms with Gasteiger partial charge in [-0.25, -0.2) is 0 Å². The van der Waals surface area contributed by atoms with Gasteiger partial charge in [0.2, 0.25) is 0 Å². The van der Waals surface area contributed by atoms with E-state index in [9.17, 15) is 10.1 Å². The van der Waals surface area contributed by atoms with Crippen LogP contribution in [0.5, 0.6) is 0 Å². The Labute approximate surface area is 106 Å². The predicted octanol–water partition coefficient (Wildman–Crippen LogP) is 3.08. The summed E-state index contributed by atoms with van der Waals surface area (Å²) in [4.78, 5) is 10.2. The summed E-state index contributed by atoms with van der Waals surface area (Å²) in [5.41, 5.74) is 6.24. The molecule has 0 spiro atoms. The molecule has 0 radical (unpaired) electrons. The lowest BCUT2D eigenvalue weighted by Crippen LogP contribution is -1.92. The second kappa shape index (κ2) is 4.68. The fourth-order valence-electron chi connectivity index (χ4n) is 1.45. The zero-order valence-corrected chi connectivity index (χ0v) is 10.3. The number of hydrogen-bond acceptors (Lipinski definition) is 4. The van der Waals surface area contributed by atoms with E-state index in [0.717, 1.165) is 5.56 Å². The summed E-state index contributed by atoms with van der Waals surface area (Å²) in [5, 5.41) is 10.7. The van der Waals surface area contributed by atoms with Crippen LogP contribution in [0.2, 0.25) is 0 Å². The summed E-state index contributed by atoms with van der Waals surface area (Å²) in [7, 11) is 0. The van der Waals surface area contributed by atoms with Crippen LogP contribution >= 0.6 is 15.9 Å². The highest BCUT2D eigenvalue weighted by atomic mass is 79.9. The van der Waals surface area contributed by atoms with Crippen LogP contribution in [-0.2, 0) is 6.54 Å². The molecule has 1 aromatic carbocycles. The van der Waals surface area contributed by atoms with E-state index in [4.69, 9.17) is 10.2 Å². The van der Waals surface area contributed by atoms with Crippen molar-refractivity contribution in [2.24, 2.45) is 5.73 Å². The summed E-state index contributed by atoms with van der Waals surface area (Å²) in [5.74, 6) is 1.32. The standard InChI is InChI=1S/C11H9BrN2O3/c12-9-5-7(1-3-10(9)14(15)16)11-4-2-8(6-13)17-11/h1-5H,6,13H2. The number of furan rings is 1. The third-order valence-electron chi connectivity index (χ3n) is 2.29. The minimum absolute atomic E-state index is 0.0272. The van der Waals surface area contributed by atoms with Gasteiger partial charge in [0.1, 0.15) is 11.5 Å². The average molecular weight is 297 g/mol. The van der Waals surface area contributed by atoms with E-state index in [1.54, 1.807) is 24.3 Å². The van der Waals surface area contributed by atoms with Crippen LogP contribution in [-0.4, -0.2) is 4.92 Å². The van der Waals surface area contributed by atoms with Gasteiger partial charge in [-0.2, -0.15) is 0 Å². The van der Waals surface area contributed by atoms with Crippen molar-refractivity contribution in [2.45, 2.75) is 6.54 Å². The van der Waals surface area contributed by atoms with Gasteiger partial charge in [-0.05, 0) is 40.2 Å². The Hall–Kier alpha value is -1.66. The Morgan fingerprint density at radius 2 is 2.12 bits per heavy atom. The molecule has 0 bridgehead atoms. The Morgan fingerprint density at radius 1 is 1.35 bits per heavy atom. The molecule has 1 heterocycles. The molecule has 2 rings (SSSR count). The van der Waals surface area contributed by atoms with E-state index in [0.29, 0.717) is 22.5 Å². The maximum absolute atomic E-state index is 10.7.